The molecule has 160 valence electrons. The topological polar surface area (TPSA) is 109 Å². The summed E-state index contributed by atoms with van der Waals surface area (Å²) in [5.41, 5.74) is 10.1. The number of nitrogens with one attached hydrogen (secondary N) is 2. The Morgan fingerprint density at radius 2 is 2.03 bits per heavy atom. The molecule has 1 aromatic heterocycles. The SMILES string of the molecule is CN1c2ccccc2C(Nc2ccc3[nH]ncc3c2)=NC1c1cccc(OCC(N)=O)c1. The number of nitrogens with two attached hydrogens (primary N) is 1. The van der Waals surface area contributed by atoms with Crippen LogP contribution in [0, 0.1) is 0 Å². The molecule has 1 unspecified atom stereocenters. The molecule has 5 rings (SSSR count). The largest absolute Gasteiger partial charge is 0.484 e. The molecule has 0 aliphatic carbocycles. The highest BCUT2D eigenvalue weighted by Gasteiger charge is 2.27. The number of fused-ring (bicyclic) bond motifs is 2. The van der Waals surface area contributed by atoms with Gasteiger partial charge in [0.2, 0.25) is 0 Å². The van der Waals surface area contributed by atoms with Gasteiger partial charge in [-0.3, -0.25) is 9.89 Å². The highest BCUT2D eigenvalue weighted by atomic mass is 16.5. The zero-order valence-electron chi connectivity index (χ0n) is 17.4. The number of H-pyrrole nitrogens is 1. The van der Waals surface area contributed by atoms with Crippen molar-refractivity contribution in [3.63, 3.8) is 0 Å². The third kappa shape index (κ3) is 3.74. The number of rotatable bonds is 5. The van der Waals surface area contributed by atoms with E-state index in [1.165, 1.54) is 0 Å². The number of nitrogens with zero attached hydrogens (tertiary/aromatic N) is 3. The van der Waals surface area contributed by atoms with Gasteiger partial charge in [0, 0.05) is 34.9 Å². The van der Waals surface area contributed by atoms with Gasteiger partial charge in [-0.05, 0) is 42.5 Å². The van der Waals surface area contributed by atoms with Crippen molar-refractivity contribution in [3.05, 3.63) is 84.1 Å². The minimum absolute atomic E-state index is 0.167. The van der Waals surface area contributed by atoms with Gasteiger partial charge in [0.15, 0.2) is 6.61 Å². The molecule has 1 atom stereocenters. The Balaban J connectivity index is 1.52. The van der Waals surface area contributed by atoms with Gasteiger partial charge in [0.25, 0.3) is 5.91 Å². The van der Waals surface area contributed by atoms with E-state index in [1.54, 1.807) is 12.3 Å². The number of primary amides is 1. The minimum atomic E-state index is -0.516. The van der Waals surface area contributed by atoms with E-state index in [-0.39, 0.29) is 12.8 Å². The van der Waals surface area contributed by atoms with Crippen LogP contribution in [0.15, 0.2) is 77.9 Å². The second-order valence-corrected chi connectivity index (χ2v) is 7.60. The number of hydrogen-bond donors (Lipinski definition) is 3. The molecular formula is C24H22N6O2. The Bertz CT molecular complexity index is 1330. The van der Waals surface area contributed by atoms with Gasteiger partial charge in [-0.1, -0.05) is 24.3 Å². The summed E-state index contributed by atoms with van der Waals surface area (Å²) < 4.78 is 5.49. The zero-order chi connectivity index (χ0) is 22.1. The van der Waals surface area contributed by atoms with Gasteiger partial charge in [-0.25, -0.2) is 4.99 Å². The highest BCUT2D eigenvalue weighted by molar-refractivity contribution is 6.13. The summed E-state index contributed by atoms with van der Waals surface area (Å²) in [6.45, 7) is -0.167. The maximum atomic E-state index is 11.1. The number of carbonyl (C=O) groups is 1. The molecular weight excluding hydrogens is 404 g/mol. The molecule has 0 saturated carbocycles. The van der Waals surface area contributed by atoms with Gasteiger partial charge < -0.3 is 20.7 Å². The van der Waals surface area contributed by atoms with Crippen molar-refractivity contribution < 1.29 is 9.53 Å². The van der Waals surface area contributed by atoms with Crippen molar-refractivity contribution in [1.82, 2.24) is 10.2 Å². The van der Waals surface area contributed by atoms with Gasteiger partial charge >= 0.3 is 0 Å². The first kappa shape index (κ1) is 19.6. The standard InChI is InChI=1S/C24H22N6O2/c1-30-21-8-3-2-7-19(21)23(27-17-9-10-20-16(11-17)13-26-29-20)28-24(30)15-5-4-6-18(12-15)32-14-22(25)31/h2-13,24H,14H2,1H3,(H2,25,31)(H,26,29)(H,27,28). The Hall–Kier alpha value is -4.33. The summed E-state index contributed by atoms with van der Waals surface area (Å²) in [6.07, 6.45) is 1.52. The average Bonchev–Trinajstić information content (AvgIpc) is 3.28. The monoisotopic (exact) mass is 426 g/mol. The lowest BCUT2D eigenvalue weighted by atomic mass is 10.0. The molecule has 4 N–H and O–H groups in total. The lowest BCUT2D eigenvalue weighted by Gasteiger charge is -2.34. The van der Waals surface area contributed by atoms with E-state index in [0.717, 1.165) is 39.2 Å². The van der Waals surface area contributed by atoms with E-state index in [2.05, 4.69) is 32.5 Å². The predicted octanol–water partition coefficient (Wildman–Crippen LogP) is 3.43. The number of benzene rings is 3. The highest BCUT2D eigenvalue weighted by Crippen LogP contribution is 2.36. The molecule has 0 bridgehead atoms. The lowest BCUT2D eigenvalue weighted by Crippen LogP contribution is -2.32. The Kier molecular flexibility index (Phi) is 4.95. The zero-order valence-corrected chi connectivity index (χ0v) is 17.4. The summed E-state index contributed by atoms with van der Waals surface area (Å²) >= 11 is 0. The van der Waals surface area contributed by atoms with Crippen LogP contribution in [0.1, 0.15) is 17.3 Å². The fraction of sp³-hybridized carbons (Fsp3) is 0.125. The fourth-order valence-electron chi connectivity index (χ4n) is 3.87. The average molecular weight is 426 g/mol. The molecule has 8 heteroatoms. The van der Waals surface area contributed by atoms with Gasteiger partial charge in [0.1, 0.15) is 17.8 Å². The number of anilines is 2. The molecule has 0 fully saturated rings. The second kappa shape index (κ2) is 8.07. The van der Waals surface area contributed by atoms with Crippen LogP contribution in [-0.2, 0) is 4.79 Å². The molecule has 1 aliphatic heterocycles. The lowest BCUT2D eigenvalue weighted by molar-refractivity contribution is -0.119. The maximum Gasteiger partial charge on any atom is 0.255 e. The number of ether oxygens (including phenoxy) is 1. The van der Waals surface area contributed by atoms with Crippen molar-refractivity contribution >= 4 is 34.0 Å². The normalized spacial score (nSPS) is 15.2. The number of para-hydroxylation sites is 1. The summed E-state index contributed by atoms with van der Waals surface area (Å²) in [5.74, 6) is 0.830. The number of aromatic amines is 1. The number of aromatic nitrogens is 2. The maximum absolute atomic E-state index is 11.1. The van der Waals surface area contributed by atoms with Crippen LogP contribution in [0.5, 0.6) is 5.75 Å². The van der Waals surface area contributed by atoms with Crippen molar-refractivity contribution in [3.8, 4) is 5.75 Å². The first-order valence-corrected chi connectivity index (χ1v) is 10.2. The van der Waals surface area contributed by atoms with Crippen molar-refractivity contribution in [1.29, 1.82) is 0 Å². The van der Waals surface area contributed by atoms with E-state index >= 15 is 0 Å². The van der Waals surface area contributed by atoms with Crippen LogP contribution in [0.3, 0.4) is 0 Å². The molecule has 1 aliphatic rings. The summed E-state index contributed by atoms with van der Waals surface area (Å²) in [5, 5.41) is 11.6. The number of carbonyl (C=O) groups excluding carboxylic acids is 1. The first-order valence-electron chi connectivity index (χ1n) is 10.2. The van der Waals surface area contributed by atoms with E-state index < -0.39 is 5.91 Å². The van der Waals surface area contributed by atoms with Gasteiger partial charge in [-0.15, -0.1) is 0 Å². The molecule has 0 spiro atoms. The fourth-order valence-corrected chi connectivity index (χ4v) is 3.87. The number of amidine groups is 1. The Labute approximate surface area is 184 Å². The quantitative estimate of drug-likeness (QED) is 0.453. The smallest absolute Gasteiger partial charge is 0.255 e. The van der Waals surface area contributed by atoms with Crippen molar-refractivity contribution in [2.45, 2.75) is 6.17 Å². The van der Waals surface area contributed by atoms with Crippen LogP contribution in [0.2, 0.25) is 0 Å². The second-order valence-electron chi connectivity index (χ2n) is 7.60. The van der Waals surface area contributed by atoms with E-state index in [0.29, 0.717) is 5.75 Å². The number of hydrogen-bond acceptors (Lipinski definition) is 6. The molecule has 8 nitrogen and oxygen atoms in total. The van der Waals surface area contributed by atoms with Crippen molar-refractivity contribution in [2.75, 3.05) is 23.9 Å². The minimum Gasteiger partial charge on any atom is -0.484 e. The molecule has 3 aromatic carbocycles. The number of aliphatic imine (C=N–C) groups is 1. The van der Waals surface area contributed by atoms with Crippen LogP contribution < -0.4 is 20.7 Å². The summed E-state index contributed by atoms with van der Waals surface area (Å²) in [6, 6.07) is 21.7. The Morgan fingerprint density at radius 1 is 1.16 bits per heavy atom. The van der Waals surface area contributed by atoms with Crippen LogP contribution >= 0.6 is 0 Å². The van der Waals surface area contributed by atoms with Crippen molar-refractivity contribution in [2.24, 2.45) is 10.7 Å². The van der Waals surface area contributed by atoms with E-state index in [9.17, 15) is 4.79 Å². The molecule has 32 heavy (non-hydrogen) atoms. The van der Waals surface area contributed by atoms with Gasteiger partial charge in [0.05, 0.1) is 11.7 Å². The molecule has 0 radical (unpaired) electrons. The molecule has 2 heterocycles. The predicted molar refractivity (Wildman–Crippen MR) is 125 cm³/mol. The van der Waals surface area contributed by atoms with Crippen LogP contribution in [-0.4, -0.2) is 35.6 Å². The van der Waals surface area contributed by atoms with E-state index in [1.807, 2.05) is 55.6 Å². The van der Waals surface area contributed by atoms with E-state index in [4.69, 9.17) is 15.5 Å². The van der Waals surface area contributed by atoms with Crippen LogP contribution in [0.25, 0.3) is 10.9 Å². The molecule has 4 aromatic rings. The molecule has 1 amide bonds. The first-order chi connectivity index (χ1) is 15.6. The Morgan fingerprint density at radius 3 is 2.91 bits per heavy atom. The summed E-state index contributed by atoms with van der Waals surface area (Å²) in [7, 11) is 2.01. The number of amides is 1. The third-order valence-corrected chi connectivity index (χ3v) is 5.40. The van der Waals surface area contributed by atoms with Gasteiger partial charge in [-0.2, -0.15) is 5.10 Å². The third-order valence-electron chi connectivity index (χ3n) is 5.40. The summed E-state index contributed by atoms with van der Waals surface area (Å²) in [4.78, 5) is 18.2. The molecule has 0 saturated heterocycles. The van der Waals surface area contributed by atoms with Crippen LogP contribution in [0.4, 0.5) is 11.4 Å².